The van der Waals surface area contributed by atoms with Crippen molar-refractivity contribution >= 4 is 17.7 Å². The van der Waals surface area contributed by atoms with Crippen molar-refractivity contribution in [3.8, 4) is 0 Å². The summed E-state index contributed by atoms with van der Waals surface area (Å²) >= 11 is 0. The quantitative estimate of drug-likeness (QED) is 0.658. The van der Waals surface area contributed by atoms with Crippen LogP contribution in [-0.4, -0.2) is 57.1 Å². The van der Waals surface area contributed by atoms with E-state index in [0.717, 1.165) is 31.6 Å². The SMILES string of the molecule is CCc1ncc(NC(=O)NC2CC(N(CC(=O)O)CC3CC3)C2)cn1. The summed E-state index contributed by atoms with van der Waals surface area (Å²) in [7, 11) is 0. The van der Waals surface area contributed by atoms with Crippen molar-refractivity contribution in [2.75, 3.05) is 18.4 Å². The first-order valence-electron chi connectivity index (χ1n) is 8.87. The van der Waals surface area contributed by atoms with Crippen LogP contribution in [0.5, 0.6) is 0 Å². The van der Waals surface area contributed by atoms with Gasteiger partial charge in [0.05, 0.1) is 24.6 Å². The highest BCUT2D eigenvalue weighted by atomic mass is 16.4. The smallest absolute Gasteiger partial charge is 0.319 e. The number of anilines is 1. The molecule has 2 aliphatic carbocycles. The Balaban J connectivity index is 1.42. The molecule has 0 bridgehead atoms. The molecule has 1 aromatic heterocycles. The summed E-state index contributed by atoms with van der Waals surface area (Å²) in [6.45, 7) is 2.91. The summed E-state index contributed by atoms with van der Waals surface area (Å²) < 4.78 is 0. The monoisotopic (exact) mass is 347 g/mol. The van der Waals surface area contributed by atoms with Crippen LogP contribution in [0.1, 0.15) is 38.4 Å². The minimum Gasteiger partial charge on any atom is -0.480 e. The number of carbonyl (C=O) groups excluding carboxylic acids is 1. The van der Waals surface area contributed by atoms with Crippen molar-refractivity contribution < 1.29 is 14.7 Å². The lowest BCUT2D eigenvalue weighted by atomic mass is 9.85. The number of rotatable bonds is 8. The zero-order valence-corrected chi connectivity index (χ0v) is 14.4. The van der Waals surface area contributed by atoms with E-state index in [0.29, 0.717) is 11.6 Å². The molecule has 25 heavy (non-hydrogen) atoms. The van der Waals surface area contributed by atoms with Crippen LogP contribution in [0.2, 0.25) is 0 Å². The van der Waals surface area contributed by atoms with E-state index in [-0.39, 0.29) is 24.7 Å². The Kier molecular flexibility index (Phi) is 5.47. The number of hydrogen-bond donors (Lipinski definition) is 3. The number of amides is 2. The number of aliphatic carboxylic acids is 1. The molecule has 1 heterocycles. The van der Waals surface area contributed by atoms with Gasteiger partial charge in [0.2, 0.25) is 0 Å². The minimum absolute atomic E-state index is 0.0799. The summed E-state index contributed by atoms with van der Waals surface area (Å²) in [4.78, 5) is 33.4. The van der Waals surface area contributed by atoms with Gasteiger partial charge in [-0.2, -0.15) is 0 Å². The molecule has 0 aromatic carbocycles. The number of carbonyl (C=O) groups is 2. The third-order valence-corrected chi connectivity index (χ3v) is 4.77. The van der Waals surface area contributed by atoms with Crippen molar-refractivity contribution in [1.29, 1.82) is 0 Å². The Morgan fingerprint density at radius 2 is 1.96 bits per heavy atom. The van der Waals surface area contributed by atoms with Gasteiger partial charge in [0, 0.05) is 25.0 Å². The number of carboxylic acid groups (broad SMARTS) is 1. The van der Waals surface area contributed by atoms with E-state index in [4.69, 9.17) is 5.11 Å². The third kappa shape index (κ3) is 5.12. The molecule has 0 unspecified atom stereocenters. The number of nitrogens with one attached hydrogen (secondary N) is 2. The van der Waals surface area contributed by atoms with Gasteiger partial charge in [-0.1, -0.05) is 6.92 Å². The van der Waals surface area contributed by atoms with Crippen molar-refractivity contribution in [2.45, 2.75) is 51.1 Å². The predicted octanol–water partition coefficient (Wildman–Crippen LogP) is 1.49. The molecule has 0 spiro atoms. The van der Waals surface area contributed by atoms with E-state index in [9.17, 15) is 9.59 Å². The molecule has 2 aliphatic rings. The van der Waals surface area contributed by atoms with Crippen LogP contribution in [0, 0.1) is 5.92 Å². The van der Waals surface area contributed by atoms with E-state index >= 15 is 0 Å². The standard InChI is InChI=1S/C17H25N5O3/c1-2-15-18-7-13(8-19-15)21-17(25)20-12-5-14(6-12)22(10-16(23)24)9-11-3-4-11/h7-8,11-12,14H,2-6,9-10H2,1H3,(H,23,24)(H2,20,21,25). The molecule has 0 radical (unpaired) electrons. The number of carboxylic acids is 1. The number of aromatic nitrogens is 2. The largest absolute Gasteiger partial charge is 0.480 e. The average molecular weight is 347 g/mol. The molecule has 3 rings (SSSR count). The molecular weight excluding hydrogens is 322 g/mol. The molecule has 0 atom stereocenters. The van der Waals surface area contributed by atoms with Crippen molar-refractivity contribution in [3.63, 3.8) is 0 Å². The van der Waals surface area contributed by atoms with Crippen LogP contribution in [0.3, 0.4) is 0 Å². The fourth-order valence-corrected chi connectivity index (χ4v) is 3.11. The van der Waals surface area contributed by atoms with E-state index in [1.54, 1.807) is 12.4 Å². The number of aryl methyl sites for hydroxylation is 1. The Labute approximate surface area is 147 Å². The Morgan fingerprint density at radius 3 is 2.52 bits per heavy atom. The van der Waals surface area contributed by atoms with Gasteiger partial charge in [-0.3, -0.25) is 9.69 Å². The van der Waals surface area contributed by atoms with Crippen LogP contribution in [0.4, 0.5) is 10.5 Å². The Hall–Kier alpha value is -2.22. The molecule has 0 saturated heterocycles. The van der Waals surface area contributed by atoms with Crippen LogP contribution in [-0.2, 0) is 11.2 Å². The van der Waals surface area contributed by atoms with E-state index in [1.807, 2.05) is 11.8 Å². The van der Waals surface area contributed by atoms with Gasteiger partial charge in [0.1, 0.15) is 5.82 Å². The fourth-order valence-electron chi connectivity index (χ4n) is 3.11. The first-order valence-corrected chi connectivity index (χ1v) is 8.87. The lowest BCUT2D eigenvalue weighted by Gasteiger charge is -2.42. The average Bonchev–Trinajstić information content (AvgIpc) is 3.34. The summed E-state index contributed by atoms with van der Waals surface area (Å²) in [5.41, 5.74) is 0.562. The third-order valence-electron chi connectivity index (χ3n) is 4.77. The molecule has 3 N–H and O–H groups in total. The number of urea groups is 1. The minimum atomic E-state index is -0.787. The van der Waals surface area contributed by atoms with Gasteiger partial charge in [-0.25, -0.2) is 14.8 Å². The Morgan fingerprint density at radius 1 is 1.28 bits per heavy atom. The van der Waals surface area contributed by atoms with Crippen molar-refractivity contribution in [2.24, 2.45) is 5.92 Å². The molecule has 8 nitrogen and oxygen atoms in total. The van der Waals surface area contributed by atoms with E-state index in [1.165, 1.54) is 12.8 Å². The molecule has 2 saturated carbocycles. The fraction of sp³-hybridized carbons (Fsp3) is 0.647. The van der Waals surface area contributed by atoms with Gasteiger partial charge in [-0.05, 0) is 31.6 Å². The maximum atomic E-state index is 12.0. The van der Waals surface area contributed by atoms with E-state index in [2.05, 4.69) is 20.6 Å². The molecular formula is C17H25N5O3. The molecule has 2 fully saturated rings. The lowest BCUT2D eigenvalue weighted by molar-refractivity contribution is -0.139. The second-order valence-electron chi connectivity index (χ2n) is 6.93. The van der Waals surface area contributed by atoms with Gasteiger partial charge in [0.25, 0.3) is 0 Å². The first-order chi connectivity index (χ1) is 12.0. The van der Waals surface area contributed by atoms with Crippen molar-refractivity contribution in [3.05, 3.63) is 18.2 Å². The zero-order chi connectivity index (χ0) is 17.8. The van der Waals surface area contributed by atoms with Crippen LogP contribution in [0.15, 0.2) is 12.4 Å². The molecule has 136 valence electrons. The van der Waals surface area contributed by atoms with Gasteiger partial charge in [-0.15, -0.1) is 0 Å². The van der Waals surface area contributed by atoms with Crippen LogP contribution < -0.4 is 10.6 Å². The van der Waals surface area contributed by atoms with E-state index < -0.39 is 5.97 Å². The molecule has 2 amide bonds. The number of nitrogens with zero attached hydrogens (tertiary/aromatic N) is 3. The summed E-state index contributed by atoms with van der Waals surface area (Å²) in [5.74, 6) is 0.605. The van der Waals surface area contributed by atoms with Crippen molar-refractivity contribution in [1.82, 2.24) is 20.2 Å². The molecule has 1 aromatic rings. The molecule has 8 heteroatoms. The summed E-state index contributed by atoms with van der Waals surface area (Å²) in [6, 6.07) is 0.0498. The maximum Gasteiger partial charge on any atom is 0.319 e. The van der Waals surface area contributed by atoms with Gasteiger partial charge >= 0.3 is 12.0 Å². The van der Waals surface area contributed by atoms with Gasteiger partial charge < -0.3 is 15.7 Å². The highest BCUT2D eigenvalue weighted by Crippen LogP contribution is 2.33. The highest BCUT2D eigenvalue weighted by Gasteiger charge is 2.37. The summed E-state index contributed by atoms with van der Waals surface area (Å²) in [6.07, 6.45) is 7.93. The number of hydrogen-bond acceptors (Lipinski definition) is 5. The second-order valence-corrected chi connectivity index (χ2v) is 6.93. The highest BCUT2D eigenvalue weighted by molar-refractivity contribution is 5.89. The van der Waals surface area contributed by atoms with Crippen LogP contribution in [0.25, 0.3) is 0 Å². The first kappa shape index (κ1) is 17.6. The normalized spacial score (nSPS) is 22.3. The topological polar surface area (TPSA) is 107 Å². The maximum absolute atomic E-state index is 12.0. The predicted molar refractivity (Wildman–Crippen MR) is 92.3 cm³/mol. The van der Waals surface area contributed by atoms with Crippen LogP contribution >= 0.6 is 0 Å². The Bertz CT molecular complexity index is 611. The second kappa shape index (κ2) is 7.77. The van der Waals surface area contributed by atoms with Gasteiger partial charge in [0.15, 0.2) is 0 Å². The molecule has 0 aliphatic heterocycles. The lowest BCUT2D eigenvalue weighted by Crippen LogP contribution is -2.55. The summed E-state index contributed by atoms with van der Waals surface area (Å²) in [5, 5.41) is 14.7. The zero-order valence-electron chi connectivity index (χ0n) is 14.4.